The van der Waals surface area contributed by atoms with Crippen molar-refractivity contribution in [2.45, 2.75) is 32.1 Å². The second-order valence-corrected chi connectivity index (χ2v) is 6.65. The smallest absolute Gasteiger partial charge is 0.310 e. The van der Waals surface area contributed by atoms with E-state index in [1.54, 1.807) is 51.1 Å². The maximum atomic E-state index is 12.7. The largest absolute Gasteiger partial charge is 0.481 e. The summed E-state index contributed by atoms with van der Waals surface area (Å²) in [5.41, 5.74) is 1.10. The summed E-state index contributed by atoms with van der Waals surface area (Å²) in [6.07, 6.45) is 0. The van der Waals surface area contributed by atoms with E-state index >= 15 is 0 Å². The molecule has 0 fully saturated rings. The maximum absolute atomic E-state index is 12.7. The van der Waals surface area contributed by atoms with Crippen LogP contribution in [0.25, 0.3) is 0 Å². The van der Waals surface area contributed by atoms with Gasteiger partial charge < -0.3 is 10.4 Å². The minimum atomic E-state index is -0.908. The first-order valence-corrected chi connectivity index (χ1v) is 8.00. The Balaban J connectivity index is 2.25. The van der Waals surface area contributed by atoms with Gasteiger partial charge in [0.1, 0.15) is 0 Å². The van der Waals surface area contributed by atoms with E-state index in [1.165, 1.54) is 0 Å². The monoisotopic (exact) mass is 345 g/mol. The van der Waals surface area contributed by atoms with Gasteiger partial charge in [0.2, 0.25) is 5.91 Å². The second kappa shape index (κ2) is 7.05. The van der Waals surface area contributed by atoms with Crippen molar-refractivity contribution >= 4 is 29.2 Å². The normalized spacial score (nSPS) is 12.5. The Morgan fingerprint density at radius 2 is 1.79 bits per heavy atom. The third-order valence-electron chi connectivity index (χ3n) is 4.13. The average molecular weight is 346 g/mol. The molecule has 5 heteroatoms. The van der Waals surface area contributed by atoms with Crippen LogP contribution < -0.4 is 5.32 Å². The number of hydrogen-bond acceptors (Lipinski definition) is 2. The molecule has 0 radical (unpaired) electrons. The lowest BCUT2D eigenvalue weighted by molar-refractivity contribution is -0.138. The number of amides is 1. The van der Waals surface area contributed by atoms with Crippen LogP contribution in [0, 0.1) is 0 Å². The SMILES string of the molecule is CC(C(=O)O)c1cccc(NC(=O)C(C)(C)c2ccccc2Cl)c1. The van der Waals surface area contributed by atoms with Gasteiger partial charge in [-0.25, -0.2) is 0 Å². The van der Waals surface area contributed by atoms with Gasteiger partial charge in [-0.05, 0) is 50.1 Å². The van der Waals surface area contributed by atoms with Gasteiger partial charge in [-0.15, -0.1) is 0 Å². The van der Waals surface area contributed by atoms with Crippen molar-refractivity contribution < 1.29 is 14.7 Å². The van der Waals surface area contributed by atoms with Crippen LogP contribution in [-0.2, 0) is 15.0 Å². The van der Waals surface area contributed by atoms with Crippen LogP contribution in [0.2, 0.25) is 5.02 Å². The summed E-state index contributed by atoms with van der Waals surface area (Å²) < 4.78 is 0. The lowest BCUT2D eigenvalue weighted by Gasteiger charge is -2.25. The standard InChI is InChI=1S/C19H20ClNO3/c1-12(17(22)23)13-7-6-8-14(11-13)21-18(24)19(2,3)15-9-4-5-10-16(15)20/h4-12H,1-3H3,(H,21,24)(H,22,23). The molecule has 0 aromatic heterocycles. The fourth-order valence-corrected chi connectivity index (χ4v) is 2.78. The van der Waals surface area contributed by atoms with Crippen molar-refractivity contribution in [3.8, 4) is 0 Å². The summed E-state index contributed by atoms with van der Waals surface area (Å²) in [5.74, 6) is -1.76. The zero-order valence-corrected chi connectivity index (χ0v) is 14.6. The molecule has 1 unspecified atom stereocenters. The third kappa shape index (κ3) is 3.77. The van der Waals surface area contributed by atoms with Crippen LogP contribution in [0.1, 0.15) is 37.8 Å². The maximum Gasteiger partial charge on any atom is 0.310 e. The molecule has 2 N–H and O–H groups in total. The predicted molar refractivity (Wildman–Crippen MR) is 95.6 cm³/mol. The van der Waals surface area contributed by atoms with Gasteiger partial charge in [0, 0.05) is 10.7 Å². The molecule has 2 aromatic carbocycles. The highest BCUT2D eigenvalue weighted by Crippen LogP contribution is 2.31. The molecule has 2 rings (SSSR count). The molecule has 0 saturated heterocycles. The number of carboxylic acid groups (broad SMARTS) is 1. The van der Waals surface area contributed by atoms with Gasteiger partial charge in [-0.3, -0.25) is 9.59 Å². The van der Waals surface area contributed by atoms with E-state index in [9.17, 15) is 9.59 Å². The van der Waals surface area contributed by atoms with Crippen LogP contribution in [0.3, 0.4) is 0 Å². The molecule has 1 atom stereocenters. The number of carbonyl (C=O) groups is 2. The number of hydrogen-bond donors (Lipinski definition) is 2. The van der Waals surface area contributed by atoms with Gasteiger partial charge >= 0.3 is 5.97 Å². The Bertz CT molecular complexity index is 771. The number of carboxylic acids is 1. The molecular weight excluding hydrogens is 326 g/mol. The van der Waals surface area contributed by atoms with Gasteiger partial charge in [-0.1, -0.05) is 41.9 Å². The van der Waals surface area contributed by atoms with Crippen LogP contribution in [0.5, 0.6) is 0 Å². The van der Waals surface area contributed by atoms with E-state index in [4.69, 9.17) is 16.7 Å². The number of anilines is 1. The van der Waals surface area contributed by atoms with Crippen LogP contribution in [0.15, 0.2) is 48.5 Å². The molecular formula is C19H20ClNO3. The molecule has 0 aliphatic heterocycles. The summed E-state index contributed by atoms with van der Waals surface area (Å²) in [4.78, 5) is 23.8. The summed E-state index contributed by atoms with van der Waals surface area (Å²) in [5, 5.41) is 12.5. The molecule has 0 saturated carbocycles. The topological polar surface area (TPSA) is 66.4 Å². The number of benzene rings is 2. The van der Waals surface area contributed by atoms with Crippen molar-refractivity contribution in [1.82, 2.24) is 0 Å². The first-order chi connectivity index (χ1) is 11.2. The Morgan fingerprint density at radius 1 is 1.12 bits per heavy atom. The zero-order valence-electron chi connectivity index (χ0n) is 13.8. The van der Waals surface area contributed by atoms with Crippen molar-refractivity contribution in [2.75, 3.05) is 5.32 Å². The number of nitrogens with one attached hydrogen (secondary N) is 1. The lowest BCUT2D eigenvalue weighted by atomic mass is 9.83. The fraction of sp³-hybridized carbons (Fsp3) is 0.263. The fourth-order valence-electron chi connectivity index (χ4n) is 2.41. The van der Waals surface area contributed by atoms with Crippen molar-refractivity contribution in [1.29, 1.82) is 0 Å². The Kier molecular flexibility index (Phi) is 5.30. The van der Waals surface area contributed by atoms with Crippen molar-refractivity contribution in [2.24, 2.45) is 0 Å². The average Bonchev–Trinajstić information content (AvgIpc) is 2.54. The zero-order chi connectivity index (χ0) is 17.9. The molecule has 0 bridgehead atoms. The first-order valence-electron chi connectivity index (χ1n) is 7.62. The van der Waals surface area contributed by atoms with E-state index in [-0.39, 0.29) is 5.91 Å². The molecule has 0 heterocycles. The van der Waals surface area contributed by atoms with Gasteiger partial charge in [-0.2, -0.15) is 0 Å². The summed E-state index contributed by atoms with van der Waals surface area (Å²) in [6, 6.07) is 14.1. The van der Waals surface area contributed by atoms with Crippen LogP contribution in [0.4, 0.5) is 5.69 Å². The van der Waals surface area contributed by atoms with Crippen molar-refractivity contribution in [3.05, 3.63) is 64.7 Å². The Hall–Kier alpha value is -2.33. The van der Waals surface area contributed by atoms with Gasteiger partial charge in [0.05, 0.1) is 11.3 Å². The molecule has 0 aliphatic carbocycles. The van der Waals surface area contributed by atoms with Gasteiger partial charge in [0.25, 0.3) is 0 Å². The highest BCUT2D eigenvalue weighted by atomic mass is 35.5. The van der Waals surface area contributed by atoms with E-state index in [0.29, 0.717) is 16.3 Å². The second-order valence-electron chi connectivity index (χ2n) is 6.24. The number of aliphatic carboxylic acids is 1. The molecule has 0 aliphatic rings. The molecule has 4 nitrogen and oxygen atoms in total. The minimum absolute atomic E-state index is 0.212. The molecule has 24 heavy (non-hydrogen) atoms. The molecule has 2 aromatic rings. The first kappa shape index (κ1) is 18.0. The van der Waals surface area contributed by atoms with Crippen LogP contribution in [-0.4, -0.2) is 17.0 Å². The Labute approximate surface area is 146 Å². The summed E-state index contributed by atoms with van der Waals surface area (Å²) >= 11 is 6.21. The number of carbonyl (C=O) groups excluding carboxylic acids is 1. The third-order valence-corrected chi connectivity index (χ3v) is 4.46. The quantitative estimate of drug-likeness (QED) is 0.841. The van der Waals surface area contributed by atoms with E-state index in [2.05, 4.69) is 5.32 Å². The highest BCUT2D eigenvalue weighted by molar-refractivity contribution is 6.31. The van der Waals surface area contributed by atoms with E-state index in [1.807, 2.05) is 18.2 Å². The highest BCUT2D eigenvalue weighted by Gasteiger charge is 2.31. The lowest BCUT2D eigenvalue weighted by Crippen LogP contribution is -2.35. The predicted octanol–water partition coefficient (Wildman–Crippen LogP) is 4.44. The molecule has 1 amide bonds. The van der Waals surface area contributed by atoms with E-state index < -0.39 is 17.3 Å². The Morgan fingerprint density at radius 3 is 2.42 bits per heavy atom. The summed E-state index contributed by atoms with van der Waals surface area (Å²) in [6.45, 7) is 5.21. The number of rotatable bonds is 5. The van der Waals surface area contributed by atoms with Crippen molar-refractivity contribution in [3.63, 3.8) is 0 Å². The number of halogens is 1. The molecule has 0 spiro atoms. The van der Waals surface area contributed by atoms with Gasteiger partial charge in [0.15, 0.2) is 0 Å². The summed E-state index contributed by atoms with van der Waals surface area (Å²) in [7, 11) is 0. The van der Waals surface area contributed by atoms with E-state index in [0.717, 1.165) is 5.56 Å². The molecule has 126 valence electrons. The minimum Gasteiger partial charge on any atom is -0.481 e. The van der Waals surface area contributed by atoms with Crippen LogP contribution >= 0.6 is 11.6 Å².